The van der Waals surface area contributed by atoms with Gasteiger partial charge in [0.25, 0.3) is 0 Å². The van der Waals surface area contributed by atoms with Crippen LogP contribution in [0.15, 0.2) is 11.6 Å². The number of hydrogen-bond donors (Lipinski definition) is 1. The summed E-state index contributed by atoms with van der Waals surface area (Å²) in [5.41, 5.74) is 0. The molecule has 4 heteroatoms. The van der Waals surface area contributed by atoms with Gasteiger partial charge in [-0.05, 0) is 12.3 Å². The molecule has 1 atom stereocenters. The molecule has 0 saturated heterocycles. The van der Waals surface area contributed by atoms with E-state index < -0.39 is 0 Å². The molecule has 1 unspecified atom stereocenters. The molecular formula is C10H17ClN2S. The minimum Gasteiger partial charge on any atom is -0.306 e. The van der Waals surface area contributed by atoms with Crippen LogP contribution in [-0.4, -0.2) is 16.9 Å². The van der Waals surface area contributed by atoms with Gasteiger partial charge >= 0.3 is 0 Å². The van der Waals surface area contributed by atoms with Gasteiger partial charge in [0.1, 0.15) is 5.01 Å². The summed E-state index contributed by atoms with van der Waals surface area (Å²) in [7, 11) is 0. The largest absolute Gasteiger partial charge is 0.306 e. The van der Waals surface area contributed by atoms with Crippen molar-refractivity contribution < 1.29 is 0 Å². The molecule has 1 aromatic heterocycles. The minimum absolute atomic E-state index is 0.403. The third kappa shape index (κ3) is 4.40. The van der Waals surface area contributed by atoms with Crippen LogP contribution in [0.5, 0.6) is 0 Å². The normalized spacial score (nSPS) is 13.4. The third-order valence-corrected chi connectivity index (χ3v) is 3.12. The molecule has 0 radical (unpaired) electrons. The first-order valence-corrected chi connectivity index (χ1v) is 6.31. The predicted molar refractivity (Wildman–Crippen MR) is 62.9 cm³/mol. The van der Waals surface area contributed by atoms with E-state index in [1.54, 1.807) is 11.3 Å². The number of halogens is 1. The molecule has 0 saturated carbocycles. The molecule has 1 heterocycles. The summed E-state index contributed by atoms with van der Waals surface area (Å²) < 4.78 is 0. The molecule has 2 nitrogen and oxygen atoms in total. The van der Waals surface area contributed by atoms with Crippen LogP contribution >= 0.6 is 22.9 Å². The van der Waals surface area contributed by atoms with Crippen LogP contribution in [0.2, 0.25) is 0 Å². The molecule has 14 heavy (non-hydrogen) atoms. The van der Waals surface area contributed by atoms with Gasteiger partial charge in [0.2, 0.25) is 0 Å². The maximum atomic E-state index is 5.87. The molecule has 0 fully saturated rings. The maximum Gasteiger partial charge on any atom is 0.106 e. The Balaban J connectivity index is 2.27. The van der Waals surface area contributed by atoms with Crippen LogP contribution in [0.3, 0.4) is 0 Å². The molecule has 80 valence electrons. The fraction of sp³-hybridized carbons (Fsp3) is 0.700. The van der Waals surface area contributed by atoms with Crippen LogP contribution in [0.1, 0.15) is 25.3 Å². The second-order valence-electron chi connectivity index (χ2n) is 3.79. The van der Waals surface area contributed by atoms with Crippen molar-refractivity contribution in [3.63, 3.8) is 0 Å². The first kappa shape index (κ1) is 12.0. The van der Waals surface area contributed by atoms with Gasteiger partial charge in [-0.25, -0.2) is 4.98 Å². The second-order valence-corrected chi connectivity index (χ2v) is 5.08. The lowest BCUT2D eigenvalue weighted by Gasteiger charge is -2.17. The van der Waals surface area contributed by atoms with Gasteiger partial charge in [0.05, 0.1) is 0 Å². The van der Waals surface area contributed by atoms with E-state index >= 15 is 0 Å². The lowest BCUT2D eigenvalue weighted by atomic mass is 10.1. The van der Waals surface area contributed by atoms with Gasteiger partial charge in [-0.2, -0.15) is 0 Å². The lowest BCUT2D eigenvalue weighted by Crippen LogP contribution is -2.31. The van der Waals surface area contributed by atoms with Crippen molar-refractivity contribution in [2.45, 2.75) is 32.9 Å². The maximum absolute atomic E-state index is 5.87. The molecule has 0 aromatic carbocycles. The van der Waals surface area contributed by atoms with Gasteiger partial charge in [0.15, 0.2) is 0 Å². The van der Waals surface area contributed by atoms with Crippen molar-refractivity contribution in [2.24, 2.45) is 5.92 Å². The Morgan fingerprint density at radius 3 is 2.86 bits per heavy atom. The van der Waals surface area contributed by atoms with E-state index in [2.05, 4.69) is 24.1 Å². The SMILES string of the molecule is CC(C)CC(CCl)NCc1nccs1. The van der Waals surface area contributed by atoms with Crippen molar-refractivity contribution in [2.75, 3.05) is 5.88 Å². The summed E-state index contributed by atoms with van der Waals surface area (Å²) in [4.78, 5) is 4.21. The molecule has 0 aliphatic carbocycles. The highest BCUT2D eigenvalue weighted by atomic mass is 35.5. The lowest BCUT2D eigenvalue weighted by molar-refractivity contribution is 0.444. The molecule has 0 amide bonds. The highest BCUT2D eigenvalue weighted by molar-refractivity contribution is 7.09. The van der Waals surface area contributed by atoms with E-state index in [1.165, 1.54) is 0 Å². The summed E-state index contributed by atoms with van der Waals surface area (Å²) in [5, 5.41) is 6.54. The quantitative estimate of drug-likeness (QED) is 0.763. The van der Waals surface area contributed by atoms with Crippen molar-refractivity contribution in [3.8, 4) is 0 Å². The predicted octanol–water partition coefficient (Wildman–Crippen LogP) is 2.89. The monoisotopic (exact) mass is 232 g/mol. The highest BCUT2D eigenvalue weighted by Gasteiger charge is 2.09. The average Bonchev–Trinajstić information content (AvgIpc) is 2.64. The van der Waals surface area contributed by atoms with Crippen molar-refractivity contribution in [1.82, 2.24) is 10.3 Å². The zero-order valence-electron chi connectivity index (χ0n) is 8.66. The Hall–Kier alpha value is -0.120. The summed E-state index contributed by atoms with van der Waals surface area (Å²) in [6.45, 7) is 5.26. The van der Waals surface area contributed by atoms with Crippen LogP contribution < -0.4 is 5.32 Å². The third-order valence-electron chi connectivity index (χ3n) is 1.97. The van der Waals surface area contributed by atoms with Crippen molar-refractivity contribution in [3.05, 3.63) is 16.6 Å². The summed E-state index contributed by atoms with van der Waals surface area (Å²) in [5.74, 6) is 1.35. The Bertz CT molecular complexity index is 236. The van der Waals surface area contributed by atoms with Crippen LogP contribution in [-0.2, 0) is 6.54 Å². The highest BCUT2D eigenvalue weighted by Crippen LogP contribution is 2.08. The summed E-state index contributed by atoms with van der Waals surface area (Å²) in [6.07, 6.45) is 2.95. The van der Waals surface area contributed by atoms with Gasteiger partial charge < -0.3 is 5.32 Å². The Morgan fingerprint density at radius 2 is 2.36 bits per heavy atom. The molecule has 0 aliphatic rings. The smallest absolute Gasteiger partial charge is 0.106 e. The van der Waals surface area contributed by atoms with Crippen molar-refractivity contribution >= 4 is 22.9 Å². The fourth-order valence-electron chi connectivity index (χ4n) is 1.34. The number of hydrogen-bond acceptors (Lipinski definition) is 3. The molecule has 0 bridgehead atoms. The molecule has 1 aromatic rings. The Kier molecular flexibility index (Phi) is 5.45. The zero-order valence-corrected chi connectivity index (χ0v) is 10.2. The molecular weight excluding hydrogens is 216 g/mol. The number of nitrogens with zero attached hydrogens (tertiary/aromatic N) is 1. The first-order chi connectivity index (χ1) is 6.72. The van der Waals surface area contributed by atoms with Crippen molar-refractivity contribution in [1.29, 1.82) is 0 Å². The Labute approximate surface area is 94.7 Å². The average molecular weight is 233 g/mol. The van der Waals surface area contributed by atoms with Crippen LogP contribution in [0, 0.1) is 5.92 Å². The Morgan fingerprint density at radius 1 is 1.57 bits per heavy atom. The first-order valence-electron chi connectivity index (χ1n) is 4.90. The number of rotatable bonds is 6. The second kappa shape index (κ2) is 6.38. The number of nitrogens with one attached hydrogen (secondary N) is 1. The molecule has 0 aliphatic heterocycles. The van der Waals surface area contributed by atoms with E-state index in [0.717, 1.165) is 18.0 Å². The van der Waals surface area contributed by atoms with E-state index in [9.17, 15) is 0 Å². The van der Waals surface area contributed by atoms with Crippen LogP contribution in [0.4, 0.5) is 0 Å². The van der Waals surface area contributed by atoms with E-state index in [1.807, 2.05) is 11.6 Å². The van der Waals surface area contributed by atoms with Gasteiger partial charge in [-0.1, -0.05) is 13.8 Å². The topological polar surface area (TPSA) is 24.9 Å². The number of thiazole rings is 1. The van der Waals surface area contributed by atoms with Gasteiger partial charge in [0, 0.05) is 30.0 Å². The fourth-order valence-corrected chi connectivity index (χ4v) is 2.14. The molecule has 0 spiro atoms. The molecule has 1 rings (SSSR count). The standard InChI is InChI=1S/C10H17ClN2S/c1-8(2)5-9(6-11)13-7-10-12-3-4-14-10/h3-4,8-9,13H,5-7H2,1-2H3. The van der Waals surface area contributed by atoms with Gasteiger partial charge in [-0.3, -0.25) is 0 Å². The zero-order chi connectivity index (χ0) is 10.4. The van der Waals surface area contributed by atoms with Gasteiger partial charge in [-0.15, -0.1) is 22.9 Å². The minimum atomic E-state index is 0.403. The summed E-state index contributed by atoms with van der Waals surface area (Å²) >= 11 is 7.55. The molecule has 1 N–H and O–H groups in total. The van der Waals surface area contributed by atoms with E-state index in [0.29, 0.717) is 17.8 Å². The van der Waals surface area contributed by atoms with E-state index in [4.69, 9.17) is 11.6 Å². The number of alkyl halides is 1. The van der Waals surface area contributed by atoms with E-state index in [-0.39, 0.29) is 0 Å². The number of aromatic nitrogens is 1. The van der Waals surface area contributed by atoms with Crippen LogP contribution in [0.25, 0.3) is 0 Å². The summed E-state index contributed by atoms with van der Waals surface area (Å²) in [6, 6.07) is 0.403.